The van der Waals surface area contributed by atoms with Gasteiger partial charge in [0.2, 0.25) is 57.0 Å². The van der Waals surface area contributed by atoms with E-state index in [1.165, 1.54) is 50.1 Å². The molecule has 142 heavy (non-hydrogen) atoms. The molecule has 15 heteroatoms. The van der Waals surface area contributed by atoms with Gasteiger partial charge in [-0.25, -0.2) is 47.8 Å². The fourth-order valence-corrected chi connectivity index (χ4v) is 20.2. The van der Waals surface area contributed by atoms with Gasteiger partial charge in [-0.1, -0.05) is 188 Å². The summed E-state index contributed by atoms with van der Waals surface area (Å²) in [6.07, 6.45) is 18.2. The van der Waals surface area contributed by atoms with Gasteiger partial charge in [0.1, 0.15) is 35.2 Å². The smallest absolute Gasteiger partial charge is 0.227 e. The first-order valence-corrected chi connectivity index (χ1v) is 47.1. The van der Waals surface area contributed by atoms with Crippen molar-refractivity contribution in [3.63, 3.8) is 0 Å². The van der Waals surface area contributed by atoms with Crippen molar-refractivity contribution < 1.29 is 61.4 Å². The van der Waals surface area contributed by atoms with E-state index in [1.807, 2.05) is 178 Å². The van der Waals surface area contributed by atoms with Crippen LogP contribution in [-0.2, 0) is 35.2 Å². The molecule has 25 rings (SSSR count). The van der Waals surface area contributed by atoms with E-state index in [0.29, 0.717) is 94.8 Å². The predicted octanol–water partition coefficient (Wildman–Crippen LogP) is 29.4. The van der Waals surface area contributed by atoms with Crippen molar-refractivity contribution in [3.8, 4) is 112 Å². The molecule has 0 fully saturated rings. The molecule has 0 saturated carbocycles. The number of furan rings is 5. The van der Waals surface area contributed by atoms with Gasteiger partial charge in [0, 0.05) is 160 Å². The van der Waals surface area contributed by atoms with Gasteiger partial charge in [0.05, 0.1) is 27.8 Å². The molecular weight excluding hydrogens is 1750 g/mol. The SMILES string of the molecule is Cc1c[n+](C)c(-c2c(C)cc(C)c3c2oc2ncccc23)cc1-c1ccccc1.Cc1cc(C)c2c(oc3ncccc32)c1-c1cc(-c2ccccc2)cc[n+]1C.[2H]C([2H])([2H])c1c[n+](C)c(-c2c(C)cc(C([2H])([2H])[2H])c3c2oc2ncccc23)cc1-c1ccccc1.[2H]C([2H])([2H])c1c[n+](C)c(-c2c(C)ccc3c2oc2ncccc23)cc1-c1ccccc1.[2H]C([2H])([2H])c1cc(C)c(-c2cc(-c3ccccc3)cc[n+]2C)c2oc3ncccc3c12. The molecule has 0 aliphatic rings. The Kier molecular flexibility index (Phi) is 20.7. The van der Waals surface area contributed by atoms with Gasteiger partial charge < -0.3 is 22.1 Å². The van der Waals surface area contributed by atoms with Crippen molar-refractivity contribution >= 4 is 110 Å². The Morgan fingerprint density at radius 1 is 0.204 bits per heavy atom. The summed E-state index contributed by atoms with van der Waals surface area (Å²) in [5.74, 6) is 0. The van der Waals surface area contributed by atoms with Gasteiger partial charge in [0.15, 0.2) is 58.9 Å². The lowest BCUT2D eigenvalue weighted by atomic mass is 9.94. The van der Waals surface area contributed by atoms with Gasteiger partial charge in [0.25, 0.3) is 0 Å². The largest absolute Gasteiger partial charge is 0.437 e. The minimum Gasteiger partial charge on any atom is -0.437 e. The van der Waals surface area contributed by atoms with E-state index in [2.05, 4.69) is 229 Å². The predicted molar refractivity (Wildman–Crippen MR) is 575 cm³/mol. The van der Waals surface area contributed by atoms with Crippen LogP contribution in [0, 0.1) is 82.8 Å². The van der Waals surface area contributed by atoms with Crippen molar-refractivity contribution in [1.82, 2.24) is 24.9 Å². The van der Waals surface area contributed by atoms with Crippen LogP contribution in [0.15, 0.2) is 375 Å². The van der Waals surface area contributed by atoms with E-state index in [0.717, 1.165) is 127 Å². The second-order valence-corrected chi connectivity index (χ2v) is 36.5. The molecule has 15 aromatic heterocycles. The summed E-state index contributed by atoms with van der Waals surface area (Å²) in [4.78, 5) is 21.9. The Bertz CT molecular complexity index is 9770. The lowest BCUT2D eigenvalue weighted by Crippen LogP contribution is -2.31. The number of hydrogen-bond acceptors (Lipinski definition) is 10. The maximum atomic E-state index is 8.13. The van der Waals surface area contributed by atoms with Gasteiger partial charge in [-0.3, -0.25) is 0 Å². The molecular formula is C127H109N10O5+5. The fraction of sp³-hybridized carbons (Fsp3) is 0.134. The molecule has 0 saturated heterocycles. The van der Waals surface area contributed by atoms with Gasteiger partial charge >= 0.3 is 0 Å². The highest BCUT2D eigenvalue weighted by atomic mass is 16.4. The van der Waals surface area contributed by atoms with E-state index in [4.69, 9.17) is 38.5 Å². The van der Waals surface area contributed by atoms with Crippen LogP contribution in [0.3, 0.4) is 0 Å². The van der Waals surface area contributed by atoms with Crippen LogP contribution in [0.25, 0.3) is 222 Å². The minimum absolute atomic E-state index is 0.200. The van der Waals surface area contributed by atoms with Crippen LogP contribution >= 0.6 is 0 Å². The van der Waals surface area contributed by atoms with E-state index in [1.54, 1.807) is 85.3 Å². The third kappa shape index (κ3) is 16.8. The number of fused-ring (bicyclic) bond motifs is 15. The van der Waals surface area contributed by atoms with Crippen LogP contribution in [0.4, 0.5) is 0 Å². The first-order valence-electron chi connectivity index (χ1n) is 53.1. The lowest BCUT2D eigenvalue weighted by Gasteiger charge is -2.11. The zero-order chi connectivity index (χ0) is 108. The normalized spacial score (nSPS) is 13.0. The first-order chi connectivity index (χ1) is 73.8. The minimum atomic E-state index is -2.35. The molecule has 0 radical (unpaired) electrons. The summed E-state index contributed by atoms with van der Waals surface area (Å²) in [6, 6.07) is 96.1. The van der Waals surface area contributed by atoms with E-state index in [-0.39, 0.29) is 16.7 Å². The molecule has 0 bridgehead atoms. The quantitative estimate of drug-likeness (QED) is 0.121. The molecule has 15 heterocycles. The summed E-state index contributed by atoms with van der Waals surface area (Å²) < 4.78 is 138. The van der Waals surface area contributed by atoms with E-state index >= 15 is 0 Å². The van der Waals surface area contributed by atoms with Crippen LogP contribution in [0.5, 0.6) is 0 Å². The number of aromatic nitrogens is 10. The number of benzene rings is 10. The molecule has 10 aromatic carbocycles. The lowest BCUT2D eigenvalue weighted by molar-refractivity contribution is -0.660. The summed E-state index contributed by atoms with van der Waals surface area (Å²) in [5, 5.41) is 8.82. The number of pyridine rings is 10. The van der Waals surface area contributed by atoms with E-state index < -0.39 is 27.4 Å². The summed E-state index contributed by atoms with van der Waals surface area (Å²) in [5.41, 5.74) is 35.6. The number of nitrogens with zero attached hydrogens (tertiary/aromatic N) is 10. The Labute approximate surface area is 841 Å². The number of aryl methyl sites for hydroxylation is 17. The zero-order valence-corrected chi connectivity index (χ0v) is 81.0. The van der Waals surface area contributed by atoms with Crippen LogP contribution in [0.1, 0.15) is 83.2 Å². The fourth-order valence-electron chi connectivity index (χ4n) is 20.2. The highest BCUT2D eigenvalue weighted by molar-refractivity contribution is 6.15. The maximum Gasteiger partial charge on any atom is 0.227 e. The highest BCUT2D eigenvalue weighted by Gasteiger charge is 2.31. The standard InChI is InChI=1S/2C26H23N2O.3C25H21N2O/c2*1-16-13-17(2)24(25-23(16)20-11-8-12-27-26(20)29-25)22-14-21(18(3)15-28(22)4)19-9-6-5-7-10-19;1-16-11-12-19-20-10-7-13-26-25(20)28-24(19)23(16)22-14-21(17(2)15-27(22)3)18-8-5-4-6-9-18;2*1-16-14-17(2)23(24-22(16)20-10-7-12-26-25(20)28-24)21-15-19(11-13-27(21)3)18-8-5-4-6-9-18/h2*5-15H,1-4H3;3*4-15H,1-3H3/q5*+1/i1D3,3D3;;2D3;1D3;. The molecule has 0 unspecified atom stereocenters. The molecule has 25 aromatic rings. The van der Waals surface area contributed by atoms with Crippen LogP contribution in [0.2, 0.25) is 0 Å². The number of hydrogen-bond donors (Lipinski definition) is 0. The third-order valence-electron chi connectivity index (χ3n) is 27.0. The van der Waals surface area contributed by atoms with Crippen molar-refractivity contribution in [2.75, 3.05) is 0 Å². The Balaban J connectivity index is 0.000000112. The highest BCUT2D eigenvalue weighted by Crippen LogP contribution is 2.47. The molecule has 0 atom stereocenters. The van der Waals surface area contributed by atoms with Crippen molar-refractivity contribution in [1.29, 1.82) is 0 Å². The zero-order valence-electron chi connectivity index (χ0n) is 93.0. The van der Waals surface area contributed by atoms with E-state index in [9.17, 15) is 0 Å². The maximum absolute atomic E-state index is 8.13. The second-order valence-electron chi connectivity index (χ2n) is 36.5. The Morgan fingerprint density at radius 3 is 0.803 bits per heavy atom. The number of rotatable bonds is 10. The molecule has 0 spiro atoms. The molecule has 0 aliphatic carbocycles. The van der Waals surface area contributed by atoms with Crippen molar-refractivity contribution in [3.05, 3.63) is 420 Å². The summed E-state index contributed by atoms with van der Waals surface area (Å²) >= 11 is 0. The second kappa shape index (κ2) is 37.9. The average molecular weight is 1870 g/mol. The first kappa shape index (κ1) is 77.7. The van der Waals surface area contributed by atoms with Crippen molar-refractivity contribution in [2.24, 2.45) is 35.2 Å². The Morgan fingerprint density at radius 2 is 0.472 bits per heavy atom. The monoisotopic (exact) mass is 1870 g/mol. The molecule has 0 amide bonds. The van der Waals surface area contributed by atoms with Gasteiger partial charge in [-0.05, 0) is 249 Å². The van der Waals surface area contributed by atoms with Crippen LogP contribution < -0.4 is 22.8 Å². The van der Waals surface area contributed by atoms with Crippen LogP contribution in [-0.4, -0.2) is 24.9 Å². The Hall–Kier alpha value is -17.3. The van der Waals surface area contributed by atoms with Crippen molar-refractivity contribution in [2.45, 2.75) is 82.8 Å². The molecule has 692 valence electrons. The molecule has 15 nitrogen and oxygen atoms in total. The molecule has 0 aliphatic heterocycles. The molecule has 0 N–H and O–H groups in total. The summed E-state index contributed by atoms with van der Waals surface area (Å²) in [7, 11) is 9.81. The average Bonchev–Trinajstić information content (AvgIpc) is 1.53. The van der Waals surface area contributed by atoms with Gasteiger partial charge in [-0.15, -0.1) is 0 Å². The summed E-state index contributed by atoms with van der Waals surface area (Å²) in [6.45, 7) is 7.40. The third-order valence-corrected chi connectivity index (χ3v) is 27.0. The topological polar surface area (TPSA) is 150 Å². The van der Waals surface area contributed by atoms with Gasteiger partial charge in [-0.2, -0.15) is 0 Å².